The lowest BCUT2D eigenvalue weighted by atomic mass is 10.1. The molecule has 1 amide bonds. The molecule has 1 aromatic heterocycles. The number of aryl methyl sites for hydroxylation is 1. The first-order valence-electron chi connectivity index (χ1n) is 8.19. The van der Waals surface area contributed by atoms with E-state index in [2.05, 4.69) is 21.8 Å². The number of hydrogen-bond donors (Lipinski definition) is 1. The minimum absolute atomic E-state index is 0.230. The Balaban J connectivity index is 1.99. The number of benzene rings is 2. The van der Waals surface area contributed by atoms with Crippen molar-refractivity contribution < 1.29 is 9.18 Å². The third-order valence-electron chi connectivity index (χ3n) is 3.97. The zero-order valence-electron chi connectivity index (χ0n) is 14.1. The highest BCUT2D eigenvalue weighted by atomic mass is 35.5. The van der Waals surface area contributed by atoms with Crippen molar-refractivity contribution in [3.05, 3.63) is 58.6 Å². The van der Waals surface area contributed by atoms with Gasteiger partial charge < -0.3 is 9.88 Å². The SMILES string of the molecule is CCCn1c(Cc2ccc(NC(C)=O)cc2F)nc2cccc(Cl)c21. The predicted octanol–water partition coefficient (Wildman–Crippen LogP) is 4.79. The van der Waals surface area contributed by atoms with Gasteiger partial charge in [-0.25, -0.2) is 9.37 Å². The van der Waals surface area contributed by atoms with Crippen molar-refractivity contribution >= 4 is 34.2 Å². The van der Waals surface area contributed by atoms with E-state index in [-0.39, 0.29) is 11.7 Å². The van der Waals surface area contributed by atoms with Gasteiger partial charge in [0.1, 0.15) is 11.6 Å². The van der Waals surface area contributed by atoms with Gasteiger partial charge in [0.15, 0.2) is 0 Å². The summed E-state index contributed by atoms with van der Waals surface area (Å²) in [5.74, 6) is 0.176. The van der Waals surface area contributed by atoms with E-state index < -0.39 is 0 Å². The molecule has 6 heteroatoms. The van der Waals surface area contributed by atoms with Crippen LogP contribution in [0.25, 0.3) is 11.0 Å². The molecule has 4 nitrogen and oxygen atoms in total. The number of anilines is 1. The molecule has 0 spiro atoms. The molecule has 0 unspecified atom stereocenters. The highest BCUT2D eigenvalue weighted by Crippen LogP contribution is 2.27. The summed E-state index contributed by atoms with van der Waals surface area (Å²) in [5.41, 5.74) is 2.67. The van der Waals surface area contributed by atoms with Gasteiger partial charge in [0, 0.05) is 25.6 Å². The smallest absolute Gasteiger partial charge is 0.221 e. The first kappa shape index (κ1) is 17.4. The van der Waals surface area contributed by atoms with Crippen LogP contribution in [-0.2, 0) is 17.8 Å². The molecule has 0 atom stereocenters. The maximum Gasteiger partial charge on any atom is 0.221 e. The predicted molar refractivity (Wildman–Crippen MR) is 98.5 cm³/mol. The number of rotatable bonds is 5. The molecular weight excluding hydrogens is 341 g/mol. The molecule has 2 aromatic carbocycles. The first-order valence-corrected chi connectivity index (χ1v) is 8.57. The Hall–Kier alpha value is -2.40. The Kier molecular flexibility index (Phi) is 5.04. The van der Waals surface area contributed by atoms with E-state index in [0.29, 0.717) is 22.7 Å². The van der Waals surface area contributed by atoms with Gasteiger partial charge >= 0.3 is 0 Å². The average Bonchev–Trinajstić information content (AvgIpc) is 2.89. The lowest BCUT2D eigenvalue weighted by Crippen LogP contribution is -2.08. The minimum Gasteiger partial charge on any atom is -0.326 e. The number of nitrogens with zero attached hydrogens (tertiary/aromatic N) is 2. The van der Waals surface area contributed by atoms with Gasteiger partial charge in [-0.05, 0) is 36.2 Å². The second kappa shape index (κ2) is 7.23. The topological polar surface area (TPSA) is 46.9 Å². The fourth-order valence-electron chi connectivity index (χ4n) is 2.93. The van der Waals surface area contributed by atoms with Gasteiger partial charge in [0.25, 0.3) is 0 Å². The molecule has 0 fully saturated rings. The second-order valence-corrected chi connectivity index (χ2v) is 6.36. The van der Waals surface area contributed by atoms with Gasteiger partial charge in [-0.1, -0.05) is 30.7 Å². The van der Waals surface area contributed by atoms with Crippen molar-refractivity contribution in [3.8, 4) is 0 Å². The van der Waals surface area contributed by atoms with Crippen LogP contribution in [0.4, 0.5) is 10.1 Å². The summed E-state index contributed by atoms with van der Waals surface area (Å²) < 4.78 is 16.5. The highest BCUT2D eigenvalue weighted by molar-refractivity contribution is 6.35. The third kappa shape index (κ3) is 3.66. The summed E-state index contributed by atoms with van der Waals surface area (Å²) in [6.45, 7) is 4.24. The molecule has 0 aliphatic rings. The van der Waals surface area contributed by atoms with E-state index in [4.69, 9.17) is 11.6 Å². The van der Waals surface area contributed by atoms with E-state index in [1.807, 2.05) is 18.2 Å². The zero-order valence-corrected chi connectivity index (χ0v) is 14.9. The van der Waals surface area contributed by atoms with Crippen molar-refractivity contribution in [1.29, 1.82) is 0 Å². The Morgan fingerprint density at radius 1 is 1.32 bits per heavy atom. The number of fused-ring (bicyclic) bond motifs is 1. The maximum atomic E-state index is 14.4. The summed E-state index contributed by atoms with van der Waals surface area (Å²) in [6.07, 6.45) is 1.28. The van der Waals surface area contributed by atoms with E-state index in [1.54, 1.807) is 12.1 Å². The Morgan fingerprint density at radius 3 is 2.80 bits per heavy atom. The second-order valence-electron chi connectivity index (χ2n) is 5.95. The number of para-hydroxylation sites is 1. The fraction of sp³-hybridized carbons (Fsp3) is 0.263. The third-order valence-corrected chi connectivity index (χ3v) is 4.27. The van der Waals surface area contributed by atoms with Crippen molar-refractivity contribution in [2.24, 2.45) is 0 Å². The standard InChI is InChI=1S/C19H19ClFN3O/c1-3-9-24-18(23-17-6-4-5-15(20)19(17)24)10-13-7-8-14(11-16(13)21)22-12(2)25/h4-8,11H,3,9-10H2,1-2H3,(H,22,25). The quantitative estimate of drug-likeness (QED) is 0.712. The van der Waals surface area contributed by atoms with E-state index in [0.717, 1.165) is 29.8 Å². The van der Waals surface area contributed by atoms with Crippen molar-refractivity contribution in [3.63, 3.8) is 0 Å². The number of amides is 1. The Labute approximate surface area is 150 Å². The van der Waals surface area contributed by atoms with Crippen molar-refractivity contribution in [1.82, 2.24) is 9.55 Å². The van der Waals surface area contributed by atoms with Crippen LogP contribution in [0, 0.1) is 5.82 Å². The van der Waals surface area contributed by atoms with E-state index in [1.165, 1.54) is 13.0 Å². The Morgan fingerprint density at radius 2 is 2.12 bits per heavy atom. The molecular formula is C19H19ClFN3O. The van der Waals surface area contributed by atoms with Crippen molar-refractivity contribution in [2.75, 3.05) is 5.32 Å². The normalized spacial score (nSPS) is 11.0. The molecule has 0 aliphatic heterocycles. The summed E-state index contributed by atoms with van der Waals surface area (Å²) >= 11 is 6.34. The zero-order chi connectivity index (χ0) is 18.0. The molecule has 3 aromatic rings. The number of carbonyl (C=O) groups excluding carboxylic acids is 1. The van der Waals surface area contributed by atoms with Gasteiger partial charge in [-0.3, -0.25) is 4.79 Å². The van der Waals surface area contributed by atoms with Crippen molar-refractivity contribution in [2.45, 2.75) is 33.2 Å². The molecule has 0 saturated carbocycles. The summed E-state index contributed by atoms with van der Waals surface area (Å²) in [6, 6.07) is 10.3. The number of carbonyl (C=O) groups is 1. The molecule has 3 rings (SSSR count). The van der Waals surface area contributed by atoms with Gasteiger partial charge in [-0.2, -0.15) is 0 Å². The number of imidazole rings is 1. The minimum atomic E-state index is -0.368. The van der Waals surface area contributed by atoms with Crippen LogP contribution in [0.1, 0.15) is 31.7 Å². The monoisotopic (exact) mass is 359 g/mol. The molecule has 130 valence electrons. The largest absolute Gasteiger partial charge is 0.326 e. The molecule has 0 bridgehead atoms. The molecule has 1 N–H and O–H groups in total. The van der Waals surface area contributed by atoms with E-state index >= 15 is 0 Å². The number of aromatic nitrogens is 2. The summed E-state index contributed by atoms with van der Waals surface area (Å²) in [5, 5.41) is 3.22. The number of nitrogens with one attached hydrogen (secondary N) is 1. The lowest BCUT2D eigenvalue weighted by Gasteiger charge is -2.10. The van der Waals surface area contributed by atoms with Gasteiger partial charge in [-0.15, -0.1) is 0 Å². The number of hydrogen-bond acceptors (Lipinski definition) is 2. The summed E-state index contributed by atoms with van der Waals surface area (Å²) in [7, 11) is 0. The van der Waals surface area contributed by atoms with Crippen LogP contribution in [-0.4, -0.2) is 15.5 Å². The van der Waals surface area contributed by atoms with Gasteiger partial charge in [0.2, 0.25) is 5.91 Å². The van der Waals surface area contributed by atoms with Crippen LogP contribution < -0.4 is 5.32 Å². The van der Waals surface area contributed by atoms with Crippen LogP contribution in [0.3, 0.4) is 0 Å². The molecule has 0 radical (unpaired) electrons. The van der Waals surface area contributed by atoms with Crippen LogP contribution in [0.2, 0.25) is 5.02 Å². The number of halogens is 2. The average molecular weight is 360 g/mol. The van der Waals surface area contributed by atoms with Gasteiger partial charge in [0.05, 0.1) is 16.1 Å². The summed E-state index contributed by atoms with van der Waals surface area (Å²) in [4.78, 5) is 15.7. The molecule has 25 heavy (non-hydrogen) atoms. The fourth-order valence-corrected chi connectivity index (χ4v) is 3.20. The molecule has 0 saturated heterocycles. The molecule has 1 heterocycles. The first-order chi connectivity index (χ1) is 12.0. The van der Waals surface area contributed by atoms with Crippen LogP contribution >= 0.6 is 11.6 Å². The molecule has 0 aliphatic carbocycles. The highest BCUT2D eigenvalue weighted by Gasteiger charge is 2.15. The maximum absolute atomic E-state index is 14.4. The Bertz CT molecular complexity index is 936. The van der Waals surface area contributed by atoms with Crippen LogP contribution in [0.15, 0.2) is 36.4 Å². The van der Waals surface area contributed by atoms with Crippen LogP contribution in [0.5, 0.6) is 0 Å². The van der Waals surface area contributed by atoms with E-state index in [9.17, 15) is 9.18 Å². The lowest BCUT2D eigenvalue weighted by molar-refractivity contribution is -0.114.